The van der Waals surface area contributed by atoms with E-state index in [-0.39, 0.29) is 29.2 Å². The summed E-state index contributed by atoms with van der Waals surface area (Å²) in [6, 6.07) is 10.1. The smallest absolute Gasteiger partial charge is 0.227 e. The van der Waals surface area contributed by atoms with Gasteiger partial charge in [0.1, 0.15) is 0 Å². The van der Waals surface area contributed by atoms with Crippen molar-refractivity contribution in [3.8, 4) is 0 Å². The predicted octanol–water partition coefficient (Wildman–Crippen LogP) is 2.69. The van der Waals surface area contributed by atoms with Gasteiger partial charge in [-0.25, -0.2) is 0 Å². The number of hydrogen-bond donors (Lipinski definition) is 1. The molecule has 1 fully saturated rings. The maximum atomic E-state index is 12.8. The molecule has 1 aromatic carbocycles. The van der Waals surface area contributed by atoms with E-state index in [1.807, 2.05) is 58.0 Å². The summed E-state index contributed by atoms with van der Waals surface area (Å²) in [5.74, 6) is 0.252. The summed E-state index contributed by atoms with van der Waals surface area (Å²) in [7, 11) is 4.03. The standard InChI is InChI=1S/C21H33N3O2/c1-21(2,3)20(26)24-13-11-17(12-14-24)19(25)22-18(15-23(4)5)16-9-7-6-8-10-16/h6-10,17-18H,11-15H2,1-5H3,(H,22,25). The van der Waals surface area contributed by atoms with Crippen LogP contribution >= 0.6 is 0 Å². The van der Waals surface area contributed by atoms with Crippen molar-refractivity contribution in [2.45, 2.75) is 39.7 Å². The van der Waals surface area contributed by atoms with Crippen LogP contribution in [0.2, 0.25) is 0 Å². The molecule has 1 aliphatic rings. The van der Waals surface area contributed by atoms with Crippen molar-refractivity contribution in [2.75, 3.05) is 33.7 Å². The number of hydrogen-bond acceptors (Lipinski definition) is 3. The Morgan fingerprint density at radius 1 is 1.15 bits per heavy atom. The van der Waals surface area contributed by atoms with Gasteiger partial charge in [0.15, 0.2) is 0 Å². The average Bonchev–Trinajstić information content (AvgIpc) is 2.60. The number of likely N-dealkylation sites (tertiary alicyclic amines) is 1. The summed E-state index contributed by atoms with van der Waals surface area (Å²) in [6.45, 7) is 7.92. The monoisotopic (exact) mass is 359 g/mol. The van der Waals surface area contributed by atoms with Crippen molar-refractivity contribution in [3.63, 3.8) is 0 Å². The highest BCUT2D eigenvalue weighted by molar-refractivity contribution is 5.83. The number of nitrogens with zero attached hydrogens (tertiary/aromatic N) is 2. The lowest BCUT2D eigenvalue weighted by Gasteiger charge is -2.35. The van der Waals surface area contributed by atoms with Crippen LogP contribution in [-0.4, -0.2) is 55.3 Å². The van der Waals surface area contributed by atoms with Gasteiger partial charge >= 0.3 is 0 Å². The number of carbonyl (C=O) groups excluding carboxylic acids is 2. The maximum Gasteiger partial charge on any atom is 0.227 e. The first-order valence-corrected chi connectivity index (χ1v) is 9.48. The molecule has 144 valence electrons. The molecule has 1 aliphatic heterocycles. The van der Waals surface area contributed by atoms with E-state index in [9.17, 15) is 9.59 Å². The van der Waals surface area contributed by atoms with Gasteiger partial charge in [0.2, 0.25) is 11.8 Å². The Labute approximate surface area is 157 Å². The van der Waals surface area contributed by atoms with E-state index in [1.165, 1.54) is 0 Å². The summed E-state index contributed by atoms with van der Waals surface area (Å²) in [5, 5.41) is 3.22. The van der Waals surface area contributed by atoms with Crippen molar-refractivity contribution in [1.29, 1.82) is 0 Å². The highest BCUT2D eigenvalue weighted by atomic mass is 16.2. The summed E-state index contributed by atoms with van der Waals surface area (Å²) < 4.78 is 0. The Kier molecular flexibility index (Phi) is 6.81. The van der Waals surface area contributed by atoms with Crippen LogP contribution in [0.25, 0.3) is 0 Å². The van der Waals surface area contributed by atoms with Gasteiger partial charge < -0.3 is 15.1 Å². The van der Waals surface area contributed by atoms with Crippen molar-refractivity contribution < 1.29 is 9.59 Å². The molecule has 2 amide bonds. The van der Waals surface area contributed by atoms with E-state index < -0.39 is 0 Å². The second-order valence-corrected chi connectivity index (χ2v) is 8.55. The molecule has 0 aromatic heterocycles. The van der Waals surface area contributed by atoms with Gasteiger partial charge in [0, 0.05) is 31.0 Å². The highest BCUT2D eigenvalue weighted by Crippen LogP contribution is 2.24. The number of nitrogens with one attached hydrogen (secondary N) is 1. The fraction of sp³-hybridized carbons (Fsp3) is 0.619. The molecule has 1 unspecified atom stereocenters. The van der Waals surface area contributed by atoms with Gasteiger partial charge in [-0.15, -0.1) is 0 Å². The lowest BCUT2D eigenvalue weighted by Crippen LogP contribution is -2.47. The Bertz CT molecular complexity index is 599. The number of carbonyl (C=O) groups is 2. The number of rotatable bonds is 5. The molecular weight excluding hydrogens is 326 g/mol. The van der Waals surface area contributed by atoms with Gasteiger partial charge in [-0.3, -0.25) is 9.59 Å². The van der Waals surface area contributed by atoms with E-state index >= 15 is 0 Å². The lowest BCUT2D eigenvalue weighted by molar-refractivity contribution is -0.142. The topological polar surface area (TPSA) is 52.7 Å². The quantitative estimate of drug-likeness (QED) is 0.879. The minimum absolute atomic E-state index is 0.0204. The molecule has 1 atom stereocenters. The minimum Gasteiger partial charge on any atom is -0.348 e. The molecule has 2 rings (SSSR count). The molecule has 1 N–H and O–H groups in total. The average molecular weight is 360 g/mol. The molecule has 1 saturated heterocycles. The Hall–Kier alpha value is -1.88. The SMILES string of the molecule is CN(C)CC(NC(=O)C1CCN(C(=O)C(C)(C)C)CC1)c1ccccc1. The number of piperidine rings is 1. The molecule has 1 aromatic rings. The van der Waals surface area contributed by atoms with Crippen molar-refractivity contribution in [3.05, 3.63) is 35.9 Å². The Morgan fingerprint density at radius 2 is 1.73 bits per heavy atom. The van der Waals surface area contributed by atoms with Crippen LogP contribution < -0.4 is 5.32 Å². The van der Waals surface area contributed by atoms with Crippen LogP contribution in [0.15, 0.2) is 30.3 Å². The van der Waals surface area contributed by atoms with E-state index in [4.69, 9.17) is 0 Å². The zero-order valence-electron chi connectivity index (χ0n) is 16.8. The molecule has 26 heavy (non-hydrogen) atoms. The summed E-state index contributed by atoms with van der Waals surface area (Å²) >= 11 is 0. The van der Waals surface area contributed by atoms with Gasteiger partial charge in [-0.2, -0.15) is 0 Å². The zero-order valence-corrected chi connectivity index (χ0v) is 16.8. The normalized spacial score (nSPS) is 17.2. The summed E-state index contributed by atoms with van der Waals surface area (Å²) in [4.78, 5) is 29.2. The predicted molar refractivity (Wildman–Crippen MR) is 105 cm³/mol. The van der Waals surface area contributed by atoms with Gasteiger partial charge in [0.25, 0.3) is 0 Å². The first-order chi connectivity index (χ1) is 12.2. The molecule has 0 spiro atoms. The third kappa shape index (κ3) is 5.56. The van der Waals surface area contributed by atoms with Gasteiger partial charge in [-0.05, 0) is 32.5 Å². The number of benzene rings is 1. The molecule has 0 saturated carbocycles. The third-order valence-corrected chi connectivity index (χ3v) is 4.86. The Balaban J connectivity index is 1.95. The molecule has 5 nitrogen and oxygen atoms in total. The summed E-state index contributed by atoms with van der Waals surface area (Å²) in [5.41, 5.74) is 0.758. The first kappa shape index (κ1) is 20.4. The second kappa shape index (κ2) is 8.67. The lowest BCUT2D eigenvalue weighted by atomic mass is 9.90. The second-order valence-electron chi connectivity index (χ2n) is 8.55. The van der Waals surface area contributed by atoms with Gasteiger partial charge in [0.05, 0.1) is 6.04 Å². The van der Waals surface area contributed by atoms with Crippen molar-refractivity contribution in [1.82, 2.24) is 15.1 Å². The van der Waals surface area contributed by atoms with E-state index in [1.54, 1.807) is 0 Å². The van der Waals surface area contributed by atoms with Gasteiger partial charge in [-0.1, -0.05) is 51.1 Å². The number of likely N-dealkylation sites (N-methyl/N-ethyl adjacent to an activating group) is 1. The first-order valence-electron chi connectivity index (χ1n) is 9.48. The molecule has 0 bridgehead atoms. The van der Waals surface area contributed by atoms with Crippen molar-refractivity contribution in [2.24, 2.45) is 11.3 Å². The molecule has 0 aliphatic carbocycles. The Morgan fingerprint density at radius 3 is 2.23 bits per heavy atom. The fourth-order valence-corrected chi connectivity index (χ4v) is 3.39. The summed E-state index contributed by atoms with van der Waals surface area (Å²) in [6.07, 6.45) is 1.47. The zero-order chi connectivity index (χ0) is 19.3. The van der Waals surface area contributed by atoms with Crippen LogP contribution in [0.1, 0.15) is 45.2 Å². The van der Waals surface area contributed by atoms with E-state index in [2.05, 4.69) is 22.3 Å². The van der Waals surface area contributed by atoms with Crippen LogP contribution in [0.4, 0.5) is 0 Å². The van der Waals surface area contributed by atoms with E-state index in [0.717, 1.165) is 24.9 Å². The number of amides is 2. The van der Waals surface area contributed by atoms with Crippen LogP contribution in [0.3, 0.4) is 0 Å². The van der Waals surface area contributed by atoms with Crippen LogP contribution in [0, 0.1) is 11.3 Å². The fourth-order valence-electron chi connectivity index (χ4n) is 3.39. The van der Waals surface area contributed by atoms with E-state index in [0.29, 0.717) is 13.1 Å². The van der Waals surface area contributed by atoms with Crippen molar-refractivity contribution >= 4 is 11.8 Å². The van der Waals surface area contributed by atoms with Crippen LogP contribution in [0.5, 0.6) is 0 Å². The minimum atomic E-state index is -0.362. The largest absolute Gasteiger partial charge is 0.348 e. The molecule has 1 heterocycles. The molecule has 5 heteroatoms. The third-order valence-electron chi connectivity index (χ3n) is 4.86. The highest BCUT2D eigenvalue weighted by Gasteiger charge is 2.33. The molecule has 0 radical (unpaired) electrons. The molecular formula is C21H33N3O2. The maximum absolute atomic E-state index is 12.8. The van der Waals surface area contributed by atoms with Crippen LogP contribution in [-0.2, 0) is 9.59 Å².